The molecule has 1 aromatic heterocycles. The predicted octanol–water partition coefficient (Wildman–Crippen LogP) is 2.41. The van der Waals surface area contributed by atoms with E-state index in [4.69, 9.17) is 4.74 Å². The number of ether oxygens (including phenoxy) is 1. The molecule has 0 aliphatic carbocycles. The maximum absolute atomic E-state index is 9.85. The molecule has 0 spiro atoms. The van der Waals surface area contributed by atoms with Crippen molar-refractivity contribution in [3.63, 3.8) is 0 Å². The standard InChI is InChI=1S/C14H14N2O2/c1-18-13-7-4-5-11(14(13)17)9-15-10-12-6-2-3-8-16-12/h2-9,17H,10H2,1H3. The zero-order valence-electron chi connectivity index (χ0n) is 10.1. The van der Waals surface area contributed by atoms with Crippen molar-refractivity contribution in [3.8, 4) is 11.5 Å². The second-order valence-corrected chi connectivity index (χ2v) is 3.69. The Hall–Kier alpha value is -2.36. The van der Waals surface area contributed by atoms with E-state index in [0.29, 0.717) is 17.9 Å². The Morgan fingerprint density at radius 2 is 2.17 bits per heavy atom. The Bertz CT molecular complexity index is 539. The third kappa shape index (κ3) is 2.85. The number of phenolic OH excluding ortho intramolecular Hbond substituents is 1. The molecule has 0 saturated heterocycles. The first-order valence-corrected chi connectivity index (χ1v) is 5.57. The van der Waals surface area contributed by atoms with E-state index in [-0.39, 0.29) is 5.75 Å². The topological polar surface area (TPSA) is 54.7 Å². The summed E-state index contributed by atoms with van der Waals surface area (Å²) in [5.74, 6) is 0.543. The Labute approximate surface area is 106 Å². The van der Waals surface area contributed by atoms with Crippen molar-refractivity contribution >= 4 is 6.21 Å². The molecule has 2 aromatic rings. The molecule has 1 N–H and O–H groups in total. The van der Waals surface area contributed by atoms with Crippen molar-refractivity contribution in [1.82, 2.24) is 4.98 Å². The number of methoxy groups -OCH3 is 1. The highest BCUT2D eigenvalue weighted by atomic mass is 16.5. The van der Waals surface area contributed by atoms with E-state index < -0.39 is 0 Å². The van der Waals surface area contributed by atoms with Crippen LogP contribution in [0.5, 0.6) is 11.5 Å². The first-order valence-electron chi connectivity index (χ1n) is 5.57. The molecule has 0 saturated carbocycles. The Morgan fingerprint density at radius 1 is 1.28 bits per heavy atom. The van der Waals surface area contributed by atoms with E-state index >= 15 is 0 Å². The van der Waals surface area contributed by atoms with Crippen LogP contribution in [-0.4, -0.2) is 23.4 Å². The van der Waals surface area contributed by atoms with Crippen molar-refractivity contribution in [2.75, 3.05) is 7.11 Å². The number of nitrogens with zero attached hydrogens (tertiary/aromatic N) is 2. The number of hydrogen-bond donors (Lipinski definition) is 1. The largest absolute Gasteiger partial charge is 0.504 e. The molecule has 4 nitrogen and oxygen atoms in total. The van der Waals surface area contributed by atoms with Gasteiger partial charge in [0.1, 0.15) is 0 Å². The van der Waals surface area contributed by atoms with Gasteiger partial charge >= 0.3 is 0 Å². The number of aromatic nitrogens is 1. The molecule has 0 radical (unpaired) electrons. The van der Waals surface area contributed by atoms with Crippen LogP contribution in [0.3, 0.4) is 0 Å². The fourth-order valence-electron chi connectivity index (χ4n) is 1.54. The molecular weight excluding hydrogens is 228 g/mol. The van der Waals surface area contributed by atoms with E-state index in [9.17, 15) is 5.11 Å². The average molecular weight is 242 g/mol. The van der Waals surface area contributed by atoms with Gasteiger partial charge in [0.25, 0.3) is 0 Å². The van der Waals surface area contributed by atoms with Gasteiger partial charge in [-0.3, -0.25) is 9.98 Å². The number of pyridine rings is 1. The van der Waals surface area contributed by atoms with Crippen LogP contribution in [0, 0.1) is 0 Å². The Morgan fingerprint density at radius 3 is 2.89 bits per heavy atom. The molecule has 0 unspecified atom stereocenters. The second-order valence-electron chi connectivity index (χ2n) is 3.69. The van der Waals surface area contributed by atoms with Crippen molar-refractivity contribution < 1.29 is 9.84 Å². The highest BCUT2D eigenvalue weighted by molar-refractivity contribution is 5.84. The van der Waals surface area contributed by atoms with Crippen LogP contribution in [0.2, 0.25) is 0 Å². The molecule has 18 heavy (non-hydrogen) atoms. The van der Waals surface area contributed by atoms with Gasteiger partial charge in [0.2, 0.25) is 0 Å². The molecule has 4 heteroatoms. The predicted molar refractivity (Wildman–Crippen MR) is 70.2 cm³/mol. The molecule has 2 rings (SSSR count). The number of benzene rings is 1. The Kier molecular flexibility index (Phi) is 3.91. The molecule has 1 aromatic carbocycles. The summed E-state index contributed by atoms with van der Waals surface area (Å²) in [4.78, 5) is 8.41. The summed E-state index contributed by atoms with van der Waals surface area (Å²) in [6, 6.07) is 11.0. The third-order valence-electron chi connectivity index (χ3n) is 2.46. The summed E-state index contributed by atoms with van der Waals surface area (Å²) in [6.45, 7) is 0.484. The number of hydrogen-bond acceptors (Lipinski definition) is 4. The monoisotopic (exact) mass is 242 g/mol. The highest BCUT2D eigenvalue weighted by Gasteiger charge is 2.04. The molecular formula is C14H14N2O2. The van der Waals surface area contributed by atoms with E-state index in [2.05, 4.69) is 9.98 Å². The number of phenols is 1. The van der Waals surface area contributed by atoms with Gasteiger partial charge in [-0.1, -0.05) is 12.1 Å². The smallest absolute Gasteiger partial charge is 0.166 e. The minimum Gasteiger partial charge on any atom is -0.504 e. The maximum Gasteiger partial charge on any atom is 0.166 e. The zero-order chi connectivity index (χ0) is 12.8. The lowest BCUT2D eigenvalue weighted by Gasteiger charge is -2.04. The van der Waals surface area contributed by atoms with Gasteiger partial charge in [-0.2, -0.15) is 0 Å². The second kappa shape index (κ2) is 5.82. The summed E-state index contributed by atoms with van der Waals surface area (Å²) in [6.07, 6.45) is 3.35. The SMILES string of the molecule is COc1cccc(C=NCc2ccccn2)c1O. The van der Waals surface area contributed by atoms with E-state index in [1.54, 1.807) is 30.6 Å². The van der Waals surface area contributed by atoms with Gasteiger partial charge in [-0.05, 0) is 24.3 Å². The van der Waals surface area contributed by atoms with E-state index in [1.807, 2.05) is 18.2 Å². The lowest BCUT2D eigenvalue weighted by molar-refractivity contribution is 0.373. The lowest BCUT2D eigenvalue weighted by atomic mass is 10.2. The number of aliphatic imine (C=N–C) groups is 1. The first kappa shape index (κ1) is 12.1. The average Bonchev–Trinajstić information content (AvgIpc) is 2.42. The minimum atomic E-state index is 0.102. The molecule has 92 valence electrons. The van der Waals surface area contributed by atoms with Crippen LogP contribution >= 0.6 is 0 Å². The minimum absolute atomic E-state index is 0.102. The van der Waals surface area contributed by atoms with Crippen molar-refractivity contribution in [1.29, 1.82) is 0 Å². The Balaban J connectivity index is 2.10. The van der Waals surface area contributed by atoms with E-state index in [0.717, 1.165) is 5.69 Å². The van der Waals surface area contributed by atoms with Gasteiger partial charge in [0, 0.05) is 18.0 Å². The summed E-state index contributed by atoms with van der Waals surface area (Å²) in [5.41, 5.74) is 1.52. The van der Waals surface area contributed by atoms with Gasteiger partial charge in [-0.25, -0.2) is 0 Å². The van der Waals surface area contributed by atoms with Crippen molar-refractivity contribution in [2.24, 2.45) is 4.99 Å². The number of aromatic hydroxyl groups is 1. The fourth-order valence-corrected chi connectivity index (χ4v) is 1.54. The molecule has 0 atom stereocenters. The maximum atomic E-state index is 9.85. The van der Waals surface area contributed by atoms with Crippen LogP contribution in [-0.2, 0) is 6.54 Å². The quantitative estimate of drug-likeness (QED) is 0.838. The van der Waals surface area contributed by atoms with Crippen LogP contribution in [0.4, 0.5) is 0 Å². The fraction of sp³-hybridized carbons (Fsp3) is 0.143. The summed E-state index contributed by atoms with van der Waals surface area (Å²) < 4.78 is 5.03. The summed E-state index contributed by atoms with van der Waals surface area (Å²) in [7, 11) is 1.52. The van der Waals surface area contributed by atoms with Crippen LogP contribution in [0.1, 0.15) is 11.3 Å². The van der Waals surface area contributed by atoms with Gasteiger partial charge in [-0.15, -0.1) is 0 Å². The van der Waals surface area contributed by atoms with Crippen molar-refractivity contribution in [3.05, 3.63) is 53.9 Å². The molecule has 1 heterocycles. The van der Waals surface area contributed by atoms with Gasteiger partial charge < -0.3 is 9.84 Å². The van der Waals surface area contributed by atoms with Crippen LogP contribution in [0.25, 0.3) is 0 Å². The van der Waals surface area contributed by atoms with Crippen molar-refractivity contribution in [2.45, 2.75) is 6.54 Å². The molecule has 0 aliphatic heterocycles. The van der Waals surface area contributed by atoms with E-state index in [1.165, 1.54) is 7.11 Å². The molecule has 0 amide bonds. The zero-order valence-corrected chi connectivity index (χ0v) is 10.1. The lowest BCUT2D eigenvalue weighted by Crippen LogP contribution is -1.90. The van der Waals surface area contributed by atoms with Gasteiger partial charge in [0.15, 0.2) is 11.5 Å². The number of rotatable bonds is 4. The molecule has 0 bridgehead atoms. The molecule has 0 aliphatic rings. The molecule has 0 fully saturated rings. The number of para-hydroxylation sites is 1. The van der Waals surface area contributed by atoms with Crippen LogP contribution < -0.4 is 4.74 Å². The first-order chi connectivity index (χ1) is 8.81. The third-order valence-corrected chi connectivity index (χ3v) is 2.46. The van der Waals surface area contributed by atoms with Gasteiger partial charge in [0.05, 0.1) is 19.3 Å². The summed E-state index contributed by atoms with van der Waals surface area (Å²) >= 11 is 0. The highest BCUT2D eigenvalue weighted by Crippen LogP contribution is 2.27. The van der Waals surface area contributed by atoms with Crippen LogP contribution in [0.15, 0.2) is 47.6 Å². The normalized spacial score (nSPS) is 10.7. The summed E-state index contributed by atoms with van der Waals surface area (Å²) in [5, 5.41) is 9.85.